The Balaban J connectivity index is 1.72. The molecule has 0 spiro atoms. The van der Waals surface area contributed by atoms with Gasteiger partial charge >= 0.3 is 0 Å². The van der Waals surface area contributed by atoms with Crippen LogP contribution in [0.4, 0.5) is 0 Å². The lowest BCUT2D eigenvalue weighted by molar-refractivity contribution is -0.150. The molecule has 2 amide bonds. The van der Waals surface area contributed by atoms with E-state index in [0.29, 0.717) is 11.4 Å². The predicted molar refractivity (Wildman–Crippen MR) is 179 cm³/mol. The first-order valence-corrected chi connectivity index (χ1v) is 17.3. The van der Waals surface area contributed by atoms with Crippen LogP contribution in [0.3, 0.4) is 0 Å². The van der Waals surface area contributed by atoms with Gasteiger partial charge in [0.05, 0.1) is 6.04 Å². The summed E-state index contributed by atoms with van der Waals surface area (Å²) in [6, 6.07) is 9.38. The molecule has 2 N–H and O–H groups in total. The number of nitrogens with one attached hydrogen (secondary N) is 1. The lowest BCUT2D eigenvalue weighted by Crippen LogP contribution is -2.50. The van der Waals surface area contributed by atoms with Crippen LogP contribution in [0, 0.1) is 17.8 Å². The second kappa shape index (κ2) is 17.9. The second-order valence-electron chi connectivity index (χ2n) is 13.1. The molecule has 0 saturated carbocycles. The highest BCUT2D eigenvalue weighted by atomic mass is 32.1. The van der Waals surface area contributed by atoms with E-state index in [0.717, 1.165) is 37.8 Å². The van der Waals surface area contributed by atoms with Gasteiger partial charge in [0.25, 0.3) is 5.91 Å². The molecule has 6 atom stereocenters. The van der Waals surface area contributed by atoms with Gasteiger partial charge in [0, 0.05) is 43.3 Å². The molecule has 1 aliphatic rings. The summed E-state index contributed by atoms with van der Waals surface area (Å²) in [5, 5.41) is 16.4. The van der Waals surface area contributed by atoms with Crippen LogP contribution in [0.15, 0.2) is 35.7 Å². The first-order chi connectivity index (χ1) is 21.5. The van der Waals surface area contributed by atoms with Crippen LogP contribution in [-0.2, 0) is 20.7 Å². The number of rotatable bonds is 17. The minimum atomic E-state index is -0.975. The van der Waals surface area contributed by atoms with E-state index in [4.69, 9.17) is 4.74 Å². The summed E-state index contributed by atoms with van der Waals surface area (Å²) in [5.41, 5.74) is 1.40. The van der Waals surface area contributed by atoms with E-state index in [1.54, 1.807) is 17.4 Å². The number of Topliss-reactive ketones (excluding diaryl/α,β-unsaturated/α-hetero) is 1. The number of aliphatic hydroxyl groups excluding tert-OH is 1. The molecule has 0 aliphatic carbocycles. The average Bonchev–Trinajstić information content (AvgIpc) is 3.52. The number of ketones is 1. The third kappa shape index (κ3) is 10.4. The predicted octanol–water partition coefficient (Wildman–Crippen LogP) is 5.49. The SMILES string of the molecule is CC[C@H](C)[C@H](CC(=O)[C@H]1CCCCN1C)C(=O)N(COC)[C@H](C[C@@H](O)c1nc(C(=O)N[C@H](C)Cc2ccccc2)cs1)C(C)C. The van der Waals surface area contributed by atoms with Crippen molar-refractivity contribution in [1.82, 2.24) is 20.1 Å². The highest BCUT2D eigenvalue weighted by molar-refractivity contribution is 7.09. The van der Waals surface area contributed by atoms with Crippen LogP contribution in [-0.4, -0.2) is 83.0 Å². The fraction of sp³-hybridized carbons (Fsp3) is 0.657. The molecule has 9 nitrogen and oxygen atoms in total. The molecule has 0 radical (unpaired) electrons. The second-order valence-corrected chi connectivity index (χ2v) is 14.0. The van der Waals surface area contributed by atoms with Crippen molar-refractivity contribution < 1.29 is 24.2 Å². The van der Waals surface area contributed by atoms with Gasteiger partial charge in [-0.3, -0.25) is 19.3 Å². The molecule has 1 aliphatic heterocycles. The maximum Gasteiger partial charge on any atom is 0.270 e. The van der Waals surface area contributed by atoms with Crippen LogP contribution in [0.1, 0.15) is 100 Å². The van der Waals surface area contributed by atoms with Gasteiger partial charge in [-0.05, 0) is 57.2 Å². The Kier molecular flexibility index (Phi) is 14.6. The number of amides is 2. The number of carbonyl (C=O) groups excluding carboxylic acids is 3. The Bertz CT molecular complexity index is 1220. The third-order valence-electron chi connectivity index (χ3n) is 9.20. The summed E-state index contributed by atoms with van der Waals surface area (Å²) in [6.07, 6.45) is 3.88. The highest BCUT2D eigenvalue weighted by Crippen LogP contribution is 2.31. The van der Waals surface area contributed by atoms with Gasteiger partial charge in [-0.1, -0.05) is 70.9 Å². The quantitative estimate of drug-likeness (QED) is 0.220. The van der Waals surface area contributed by atoms with Crippen LogP contribution in [0.25, 0.3) is 0 Å². The normalized spacial score (nSPS) is 19.0. The molecule has 10 heteroatoms. The molecule has 2 aromatic rings. The van der Waals surface area contributed by atoms with Crippen LogP contribution in [0.5, 0.6) is 0 Å². The first-order valence-electron chi connectivity index (χ1n) is 16.5. The van der Waals surface area contributed by atoms with Gasteiger partial charge in [-0.2, -0.15) is 0 Å². The largest absolute Gasteiger partial charge is 0.386 e. The van der Waals surface area contributed by atoms with Crippen molar-refractivity contribution >= 4 is 28.9 Å². The van der Waals surface area contributed by atoms with E-state index < -0.39 is 12.0 Å². The maximum absolute atomic E-state index is 14.3. The fourth-order valence-electron chi connectivity index (χ4n) is 6.28. The zero-order valence-electron chi connectivity index (χ0n) is 28.2. The van der Waals surface area contributed by atoms with E-state index in [1.807, 2.05) is 72.0 Å². The Hall–Kier alpha value is -2.66. The number of ether oxygens (including phenoxy) is 1. The van der Waals surface area contributed by atoms with Gasteiger partial charge in [-0.25, -0.2) is 4.98 Å². The van der Waals surface area contributed by atoms with E-state index >= 15 is 0 Å². The third-order valence-corrected chi connectivity index (χ3v) is 10.1. The van der Waals surface area contributed by atoms with Crippen molar-refractivity contribution in [2.24, 2.45) is 17.8 Å². The summed E-state index contributed by atoms with van der Waals surface area (Å²) in [6.45, 7) is 11.0. The van der Waals surface area contributed by atoms with Gasteiger partial charge < -0.3 is 20.1 Å². The van der Waals surface area contributed by atoms with Crippen LogP contribution in [0.2, 0.25) is 0 Å². The van der Waals surface area contributed by atoms with Crippen molar-refractivity contribution in [1.29, 1.82) is 0 Å². The average molecular weight is 643 g/mol. The Morgan fingerprint density at radius 1 is 1.16 bits per heavy atom. The number of carbonyl (C=O) groups is 3. The number of benzene rings is 1. The zero-order chi connectivity index (χ0) is 33.1. The number of thiazole rings is 1. The van der Waals surface area contributed by atoms with E-state index in [1.165, 1.54) is 11.3 Å². The van der Waals surface area contributed by atoms with E-state index in [-0.39, 0.29) is 72.8 Å². The standard InChI is InChI=1S/C35H54N4O5S/c1-8-24(4)27(19-31(40)29-16-12-13-17-38(29)6)35(43)39(22-44-7)30(23(2)3)20-32(41)34-37-28(21-45-34)33(42)36-25(5)18-26-14-10-9-11-15-26/h9-11,14-15,21,23-25,27,29-30,32,41H,8,12-13,16-20,22H2,1-7H3,(H,36,42)/t24-,25+,27-,29+,30+,32+/m0/s1. The molecule has 45 heavy (non-hydrogen) atoms. The van der Waals surface area contributed by atoms with Gasteiger partial charge in [0.1, 0.15) is 23.5 Å². The maximum atomic E-state index is 14.3. The highest BCUT2D eigenvalue weighted by Gasteiger charge is 2.38. The van der Waals surface area contributed by atoms with Crippen LogP contribution >= 0.6 is 11.3 Å². The lowest BCUT2D eigenvalue weighted by atomic mass is 9.82. The van der Waals surface area contributed by atoms with Crippen molar-refractivity contribution in [3.8, 4) is 0 Å². The van der Waals surface area contributed by atoms with E-state index in [2.05, 4.69) is 15.2 Å². The number of likely N-dealkylation sites (N-methyl/N-ethyl adjacent to an activating group) is 1. The number of nitrogens with zero attached hydrogens (tertiary/aromatic N) is 3. The molecule has 0 bridgehead atoms. The zero-order valence-corrected chi connectivity index (χ0v) is 29.0. The fourth-order valence-corrected chi connectivity index (χ4v) is 7.07. The minimum Gasteiger partial charge on any atom is -0.386 e. The lowest BCUT2D eigenvalue weighted by Gasteiger charge is -2.39. The van der Waals surface area contributed by atoms with E-state index in [9.17, 15) is 19.5 Å². The number of aromatic nitrogens is 1. The van der Waals surface area contributed by atoms with Gasteiger partial charge in [-0.15, -0.1) is 11.3 Å². The Morgan fingerprint density at radius 2 is 1.87 bits per heavy atom. The Morgan fingerprint density at radius 3 is 2.49 bits per heavy atom. The number of likely N-dealkylation sites (tertiary alicyclic amines) is 1. The monoisotopic (exact) mass is 642 g/mol. The molecule has 3 rings (SSSR count). The first kappa shape index (κ1) is 36.8. The summed E-state index contributed by atoms with van der Waals surface area (Å²) in [4.78, 5) is 49.0. The molecular weight excluding hydrogens is 588 g/mol. The molecule has 2 heterocycles. The summed E-state index contributed by atoms with van der Waals surface area (Å²) in [7, 11) is 3.55. The Labute approximate surface area is 273 Å². The number of aliphatic hydroxyl groups is 1. The number of hydrogen-bond donors (Lipinski definition) is 2. The molecule has 1 aromatic heterocycles. The number of methoxy groups -OCH3 is 1. The smallest absolute Gasteiger partial charge is 0.270 e. The van der Waals surface area contributed by atoms with Crippen LogP contribution < -0.4 is 5.32 Å². The van der Waals surface area contributed by atoms with Crippen molar-refractivity contribution in [3.63, 3.8) is 0 Å². The molecule has 0 unspecified atom stereocenters. The number of piperidine rings is 1. The topological polar surface area (TPSA) is 112 Å². The van der Waals surface area contributed by atoms with Gasteiger partial charge in [0.2, 0.25) is 5.91 Å². The molecule has 250 valence electrons. The van der Waals surface area contributed by atoms with Crippen molar-refractivity contribution in [2.45, 2.75) is 104 Å². The van der Waals surface area contributed by atoms with Crippen molar-refractivity contribution in [3.05, 3.63) is 52.0 Å². The molecule has 1 saturated heterocycles. The summed E-state index contributed by atoms with van der Waals surface area (Å²) < 4.78 is 5.52. The van der Waals surface area contributed by atoms with Crippen molar-refractivity contribution in [2.75, 3.05) is 27.4 Å². The molecular formula is C35H54N4O5S. The summed E-state index contributed by atoms with van der Waals surface area (Å²) >= 11 is 1.24. The number of hydrogen-bond acceptors (Lipinski definition) is 8. The minimum absolute atomic E-state index is 0.00178. The molecule has 1 fully saturated rings. The van der Waals surface area contributed by atoms with Gasteiger partial charge in [0.15, 0.2) is 5.78 Å². The summed E-state index contributed by atoms with van der Waals surface area (Å²) in [5.74, 6) is -0.736. The molecule has 1 aromatic carbocycles.